The van der Waals surface area contributed by atoms with Gasteiger partial charge in [-0.25, -0.2) is 4.98 Å². The number of allylic oxidation sites excluding steroid dienone is 1. The Kier molecular flexibility index (Phi) is 3.26. The Labute approximate surface area is 70.5 Å². The number of aromatic nitrogens is 1. The van der Waals surface area contributed by atoms with Crippen LogP contribution < -0.4 is 0 Å². The standard InChI is InChI=1S/C8H11NOS/c1-3-4-7-5-9-8(11-7)6-10-2/h3-5H,6H2,1-2H3/b4-3+. The van der Waals surface area contributed by atoms with Gasteiger partial charge in [-0.05, 0) is 13.0 Å². The number of rotatable bonds is 3. The summed E-state index contributed by atoms with van der Waals surface area (Å²) in [4.78, 5) is 5.35. The maximum atomic E-state index is 4.94. The van der Waals surface area contributed by atoms with Gasteiger partial charge in [-0.15, -0.1) is 11.3 Å². The number of ether oxygens (including phenoxy) is 1. The Bertz CT molecular complexity index is 242. The molecule has 1 aromatic heterocycles. The lowest BCUT2D eigenvalue weighted by molar-refractivity contribution is 0.184. The zero-order chi connectivity index (χ0) is 8.10. The highest BCUT2D eigenvalue weighted by Crippen LogP contribution is 2.14. The van der Waals surface area contributed by atoms with Crippen molar-refractivity contribution in [2.24, 2.45) is 0 Å². The largest absolute Gasteiger partial charge is 0.378 e. The summed E-state index contributed by atoms with van der Waals surface area (Å²) in [7, 11) is 1.68. The summed E-state index contributed by atoms with van der Waals surface area (Å²) in [5, 5.41) is 1.03. The van der Waals surface area contributed by atoms with Gasteiger partial charge in [0, 0.05) is 18.2 Å². The molecule has 0 bridgehead atoms. The summed E-state index contributed by atoms with van der Waals surface area (Å²) in [5.74, 6) is 0. The van der Waals surface area contributed by atoms with Crippen LogP contribution in [0.2, 0.25) is 0 Å². The van der Waals surface area contributed by atoms with Crippen molar-refractivity contribution in [3.05, 3.63) is 22.2 Å². The topological polar surface area (TPSA) is 22.1 Å². The molecule has 3 heteroatoms. The monoisotopic (exact) mass is 169 g/mol. The SMILES string of the molecule is C/C=C/c1cnc(COC)s1. The Hall–Kier alpha value is -0.670. The molecule has 0 aromatic carbocycles. The Morgan fingerprint density at radius 3 is 3.18 bits per heavy atom. The number of hydrogen-bond acceptors (Lipinski definition) is 3. The van der Waals surface area contributed by atoms with Crippen LogP contribution in [0.15, 0.2) is 12.3 Å². The fourth-order valence-electron chi connectivity index (χ4n) is 0.756. The third-order valence-corrected chi connectivity index (χ3v) is 2.11. The van der Waals surface area contributed by atoms with E-state index >= 15 is 0 Å². The maximum Gasteiger partial charge on any atom is 0.119 e. The lowest BCUT2D eigenvalue weighted by Gasteiger charge is -1.88. The maximum absolute atomic E-state index is 4.94. The first-order valence-corrected chi connectivity index (χ1v) is 4.25. The molecule has 60 valence electrons. The van der Waals surface area contributed by atoms with E-state index in [2.05, 4.69) is 4.98 Å². The van der Waals surface area contributed by atoms with Crippen LogP contribution in [0.3, 0.4) is 0 Å². The van der Waals surface area contributed by atoms with E-state index in [1.807, 2.05) is 25.3 Å². The van der Waals surface area contributed by atoms with E-state index in [1.165, 1.54) is 4.88 Å². The minimum Gasteiger partial charge on any atom is -0.378 e. The minimum atomic E-state index is 0.613. The van der Waals surface area contributed by atoms with Crippen molar-refractivity contribution in [3.8, 4) is 0 Å². The fourth-order valence-corrected chi connectivity index (χ4v) is 1.62. The summed E-state index contributed by atoms with van der Waals surface area (Å²) in [5.41, 5.74) is 0. The molecule has 1 aromatic rings. The second-order valence-electron chi connectivity index (χ2n) is 2.09. The van der Waals surface area contributed by atoms with Gasteiger partial charge < -0.3 is 4.74 Å². The predicted molar refractivity (Wildman–Crippen MR) is 47.5 cm³/mol. The first-order valence-electron chi connectivity index (χ1n) is 3.43. The molecule has 0 N–H and O–H groups in total. The van der Waals surface area contributed by atoms with Crippen LogP contribution >= 0.6 is 11.3 Å². The first-order chi connectivity index (χ1) is 5.36. The summed E-state index contributed by atoms with van der Waals surface area (Å²) in [6, 6.07) is 0. The second kappa shape index (κ2) is 4.26. The van der Waals surface area contributed by atoms with E-state index in [4.69, 9.17) is 4.74 Å². The van der Waals surface area contributed by atoms with Crippen LogP contribution in [0.4, 0.5) is 0 Å². The second-order valence-corrected chi connectivity index (χ2v) is 3.24. The van der Waals surface area contributed by atoms with Crippen molar-refractivity contribution < 1.29 is 4.74 Å². The van der Waals surface area contributed by atoms with Gasteiger partial charge in [0.1, 0.15) is 5.01 Å². The molecule has 0 atom stereocenters. The molecule has 0 saturated carbocycles. The Morgan fingerprint density at radius 1 is 1.73 bits per heavy atom. The van der Waals surface area contributed by atoms with Gasteiger partial charge in [0.25, 0.3) is 0 Å². The third-order valence-electron chi connectivity index (χ3n) is 1.17. The van der Waals surface area contributed by atoms with Gasteiger partial charge in [0.2, 0.25) is 0 Å². The van der Waals surface area contributed by atoms with Crippen LogP contribution in [0.25, 0.3) is 6.08 Å². The van der Waals surface area contributed by atoms with Gasteiger partial charge in [-0.2, -0.15) is 0 Å². The lowest BCUT2D eigenvalue weighted by Crippen LogP contribution is -1.82. The van der Waals surface area contributed by atoms with E-state index in [-0.39, 0.29) is 0 Å². The predicted octanol–water partition coefficient (Wildman–Crippen LogP) is 2.32. The minimum absolute atomic E-state index is 0.613. The smallest absolute Gasteiger partial charge is 0.119 e. The van der Waals surface area contributed by atoms with Gasteiger partial charge in [-0.3, -0.25) is 0 Å². The fraction of sp³-hybridized carbons (Fsp3) is 0.375. The van der Waals surface area contributed by atoms with Gasteiger partial charge in [0.15, 0.2) is 0 Å². The molecule has 0 saturated heterocycles. The average molecular weight is 169 g/mol. The Balaban J connectivity index is 2.65. The van der Waals surface area contributed by atoms with Gasteiger partial charge in [-0.1, -0.05) is 6.08 Å². The van der Waals surface area contributed by atoms with Gasteiger partial charge >= 0.3 is 0 Å². The molecule has 0 aliphatic carbocycles. The molecular formula is C8H11NOS. The molecule has 0 fully saturated rings. The third kappa shape index (κ3) is 2.44. The zero-order valence-corrected chi connectivity index (χ0v) is 7.52. The van der Waals surface area contributed by atoms with Crippen molar-refractivity contribution in [2.45, 2.75) is 13.5 Å². The summed E-state index contributed by atoms with van der Waals surface area (Å²) in [6.45, 7) is 2.61. The van der Waals surface area contributed by atoms with Crippen molar-refractivity contribution in [2.75, 3.05) is 7.11 Å². The van der Waals surface area contributed by atoms with Gasteiger partial charge in [0.05, 0.1) is 6.61 Å². The highest BCUT2D eigenvalue weighted by Gasteiger charge is 1.96. The number of nitrogens with zero attached hydrogens (tertiary/aromatic N) is 1. The first kappa shape index (κ1) is 8.43. The van der Waals surface area contributed by atoms with Crippen molar-refractivity contribution in [1.29, 1.82) is 0 Å². The average Bonchev–Trinajstić information content (AvgIpc) is 2.38. The molecule has 2 nitrogen and oxygen atoms in total. The molecule has 0 aliphatic rings. The highest BCUT2D eigenvalue weighted by molar-refractivity contribution is 7.12. The number of hydrogen-bond donors (Lipinski definition) is 0. The quantitative estimate of drug-likeness (QED) is 0.692. The zero-order valence-electron chi connectivity index (χ0n) is 6.70. The van der Waals surface area contributed by atoms with E-state index in [1.54, 1.807) is 18.4 Å². The Morgan fingerprint density at radius 2 is 2.55 bits per heavy atom. The normalized spacial score (nSPS) is 11.1. The van der Waals surface area contributed by atoms with Crippen molar-refractivity contribution >= 4 is 17.4 Å². The van der Waals surface area contributed by atoms with Crippen LogP contribution in [-0.2, 0) is 11.3 Å². The van der Waals surface area contributed by atoms with Crippen LogP contribution in [0.5, 0.6) is 0 Å². The van der Waals surface area contributed by atoms with Crippen LogP contribution in [0.1, 0.15) is 16.8 Å². The highest BCUT2D eigenvalue weighted by atomic mass is 32.1. The van der Waals surface area contributed by atoms with E-state index in [0.29, 0.717) is 6.61 Å². The van der Waals surface area contributed by atoms with E-state index in [0.717, 1.165) is 5.01 Å². The number of thiazole rings is 1. The van der Waals surface area contributed by atoms with Crippen molar-refractivity contribution in [1.82, 2.24) is 4.98 Å². The van der Waals surface area contributed by atoms with E-state index in [9.17, 15) is 0 Å². The molecule has 0 spiro atoms. The van der Waals surface area contributed by atoms with Crippen LogP contribution in [0, 0.1) is 0 Å². The molecule has 0 aliphatic heterocycles. The van der Waals surface area contributed by atoms with Crippen molar-refractivity contribution in [3.63, 3.8) is 0 Å². The molecule has 1 rings (SSSR count). The summed E-state index contributed by atoms with van der Waals surface area (Å²) >= 11 is 1.66. The van der Waals surface area contributed by atoms with E-state index < -0.39 is 0 Å². The molecule has 1 heterocycles. The molecule has 0 radical (unpaired) electrons. The van der Waals surface area contributed by atoms with Crippen LogP contribution in [-0.4, -0.2) is 12.1 Å². The molecule has 11 heavy (non-hydrogen) atoms. The summed E-state index contributed by atoms with van der Waals surface area (Å²) < 4.78 is 4.94. The lowest BCUT2D eigenvalue weighted by atomic mass is 10.5. The summed E-state index contributed by atoms with van der Waals surface area (Å²) in [6.07, 6.45) is 5.90. The molecular weight excluding hydrogens is 158 g/mol. The number of methoxy groups -OCH3 is 1. The molecule has 0 amide bonds. The molecule has 0 unspecified atom stereocenters.